The zero-order valence-corrected chi connectivity index (χ0v) is 18.2. The quantitative estimate of drug-likeness (QED) is 0.293. The molecule has 3 nitrogen and oxygen atoms in total. The van der Waals surface area contributed by atoms with E-state index in [4.69, 9.17) is 9.90 Å². The van der Waals surface area contributed by atoms with Gasteiger partial charge in [-0.1, -0.05) is 56.2 Å². The zero-order chi connectivity index (χ0) is 25.8. The van der Waals surface area contributed by atoms with Crippen molar-refractivity contribution in [3.8, 4) is 28.5 Å². The summed E-state index contributed by atoms with van der Waals surface area (Å²) in [5, 5.41) is 11.4. The second-order valence-electron chi connectivity index (χ2n) is 8.09. The van der Waals surface area contributed by atoms with Gasteiger partial charge in [-0.2, -0.15) is 5.26 Å². The number of fused-ring (bicyclic) bond motifs is 3. The monoisotopic (exact) mass is 421 g/mol. The highest BCUT2D eigenvalue weighted by molar-refractivity contribution is 6.14. The van der Waals surface area contributed by atoms with Crippen molar-refractivity contribution in [2.24, 2.45) is 7.05 Å². The molecule has 0 fully saturated rings. The number of nitriles is 1. The molecular weight excluding hydrogens is 392 g/mol. The van der Waals surface area contributed by atoms with Gasteiger partial charge < -0.3 is 4.42 Å². The van der Waals surface area contributed by atoms with Gasteiger partial charge in [0.25, 0.3) is 0 Å². The largest absolute Gasteiger partial charge is 0.455 e. The first-order valence-corrected chi connectivity index (χ1v) is 10.5. The van der Waals surface area contributed by atoms with Gasteiger partial charge in [0, 0.05) is 34.0 Å². The summed E-state index contributed by atoms with van der Waals surface area (Å²) in [7, 11) is 1.95. The maximum absolute atomic E-state index is 10.2. The van der Waals surface area contributed by atoms with Crippen LogP contribution in [0.25, 0.3) is 44.3 Å². The van der Waals surface area contributed by atoms with Crippen LogP contribution in [0.1, 0.15) is 41.8 Å². The fraction of sp³-hybridized carbons (Fsp3) is 0.172. The lowest BCUT2D eigenvalue weighted by molar-refractivity contribution is -0.660. The summed E-state index contributed by atoms with van der Waals surface area (Å²) in [5.74, 6) is -2.00. The number of nitrogens with zero attached hydrogens (tertiary/aromatic N) is 2. The second-order valence-corrected chi connectivity index (χ2v) is 8.09. The number of furan rings is 1. The molecule has 5 aromatic rings. The molecule has 0 aliphatic rings. The average molecular weight is 422 g/mol. The van der Waals surface area contributed by atoms with Gasteiger partial charge in [-0.25, -0.2) is 4.57 Å². The van der Waals surface area contributed by atoms with Crippen LogP contribution in [0.4, 0.5) is 0 Å². The number of benzene rings is 3. The van der Waals surface area contributed by atoms with Crippen LogP contribution in [0.2, 0.25) is 0 Å². The molecule has 0 amide bonds. The van der Waals surface area contributed by atoms with Crippen LogP contribution >= 0.6 is 0 Å². The predicted molar refractivity (Wildman–Crippen MR) is 129 cm³/mol. The minimum absolute atomic E-state index is 0.250. The van der Waals surface area contributed by atoms with E-state index in [1.807, 2.05) is 85.4 Å². The highest BCUT2D eigenvalue weighted by atomic mass is 16.3. The third-order valence-corrected chi connectivity index (χ3v) is 6.01. The first-order chi connectivity index (χ1) is 17.1. The summed E-state index contributed by atoms with van der Waals surface area (Å²) in [6.07, 6.45) is 1.95. The van der Waals surface area contributed by atoms with Crippen molar-refractivity contribution in [1.82, 2.24) is 0 Å². The summed E-state index contributed by atoms with van der Waals surface area (Å²) < 4.78 is 42.3. The van der Waals surface area contributed by atoms with E-state index in [9.17, 15) is 5.26 Å². The highest BCUT2D eigenvalue weighted by Gasteiger charge is 2.25. The van der Waals surface area contributed by atoms with Crippen molar-refractivity contribution in [3.63, 3.8) is 0 Å². The second kappa shape index (κ2) is 7.66. The van der Waals surface area contributed by atoms with E-state index < -0.39 is 12.7 Å². The summed E-state index contributed by atoms with van der Waals surface area (Å²) in [5.41, 5.74) is 5.46. The standard InChI is InChI=1S/C29H25N2O/c1-18(2)25-23(20-10-6-5-7-11-20)16-21(17-30)27-22-14-13-19(3)26(28(22)32-29(25)27)24-12-8-9-15-31(24)4/h5-16,18H,1-4H3/q+1/i1D3,18D. The van der Waals surface area contributed by atoms with Gasteiger partial charge in [-0.15, -0.1) is 0 Å². The summed E-state index contributed by atoms with van der Waals surface area (Å²) in [6.45, 7) is 0.749. The third kappa shape index (κ3) is 2.99. The Morgan fingerprint density at radius 1 is 1.06 bits per heavy atom. The molecule has 0 N–H and O–H groups in total. The van der Waals surface area contributed by atoms with Crippen molar-refractivity contribution < 1.29 is 14.5 Å². The molecule has 1 unspecified atom stereocenters. The van der Waals surface area contributed by atoms with Crippen molar-refractivity contribution in [2.75, 3.05) is 0 Å². The molecule has 3 heteroatoms. The van der Waals surface area contributed by atoms with Crippen LogP contribution in [0.5, 0.6) is 0 Å². The molecular formula is C29H25N2O+. The normalized spacial score (nSPS) is 15.4. The maximum atomic E-state index is 10.2. The molecule has 0 radical (unpaired) electrons. The minimum Gasteiger partial charge on any atom is -0.455 e. The lowest BCUT2D eigenvalue weighted by atomic mass is 9.88. The van der Waals surface area contributed by atoms with Gasteiger partial charge in [0.1, 0.15) is 18.2 Å². The first kappa shape index (κ1) is 15.8. The summed E-state index contributed by atoms with van der Waals surface area (Å²) in [4.78, 5) is 0. The van der Waals surface area contributed by atoms with E-state index in [0.717, 1.165) is 22.4 Å². The van der Waals surface area contributed by atoms with Crippen LogP contribution in [-0.2, 0) is 7.05 Å². The molecule has 0 bridgehead atoms. The van der Waals surface area contributed by atoms with E-state index in [2.05, 4.69) is 6.07 Å². The van der Waals surface area contributed by atoms with E-state index in [0.29, 0.717) is 27.5 Å². The Morgan fingerprint density at radius 3 is 2.56 bits per heavy atom. The van der Waals surface area contributed by atoms with Crippen molar-refractivity contribution in [2.45, 2.75) is 26.6 Å². The number of rotatable bonds is 3. The van der Waals surface area contributed by atoms with Crippen molar-refractivity contribution in [3.05, 3.63) is 89.6 Å². The molecule has 0 saturated carbocycles. The van der Waals surface area contributed by atoms with Crippen LogP contribution in [0.3, 0.4) is 0 Å². The van der Waals surface area contributed by atoms with Gasteiger partial charge >= 0.3 is 0 Å². The Balaban J connectivity index is 2.02. The molecule has 0 spiro atoms. The molecule has 0 aliphatic carbocycles. The molecule has 2 heterocycles. The van der Waals surface area contributed by atoms with Crippen molar-refractivity contribution in [1.29, 1.82) is 5.26 Å². The van der Waals surface area contributed by atoms with Gasteiger partial charge in [-0.3, -0.25) is 0 Å². The van der Waals surface area contributed by atoms with Gasteiger partial charge in [-0.05, 0) is 41.6 Å². The molecule has 3 aromatic carbocycles. The molecule has 5 rings (SSSR count). The van der Waals surface area contributed by atoms with Gasteiger partial charge in [0.15, 0.2) is 6.20 Å². The van der Waals surface area contributed by atoms with E-state index >= 15 is 0 Å². The van der Waals surface area contributed by atoms with Gasteiger partial charge in [0.2, 0.25) is 5.69 Å². The summed E-state index contributed by atoms with van der Waals surface area (Å²) >= 11 is 0. The maximum Gasteiger partial charge on any atom is 0.216 e. The molecule has 32 heavy (non-hydrogen) atoms. The lowest BCUT2D eigenvalue weighted by Gasteiger charge is -2.14. The SMILES string of the molecule is [2H]C([2H])([2H])C([2H])(C)c1c(-c2ccccc2)cc(C#N)c2c1oc1c(-c3cccc[n+]3C)c(C)ccc12. The molecule has 1 atom stereocenters. The Labute approximate surface area is 193 Å². The number of aryl methyl sites for hydroxylation is 2. The van der Waals surface area contributed by atoms with Gasteiger partial charge in [0.05, 0.1) is 17.2 Å². The molecule has 0 saturated heterocycles. The number of aromatic nitrogens is 1. The molecule has 2 aromatic heterocycles. The van der Waals surface area contributed by atoms with E-state index in [-0.39, 0.29) is 11.1 Å². The van der Waals surface area contributed by atoms with Crippen molar-refractivity contribution >= 4 is 21.9 Å². The Bertz CT molecular complexity index is 1680. The minimum atomic E-state index is -2.64. The Kier molecular flexibility index (Phi) is 3.79. The molecule has 156 valence electrons. The Hall–Kier alpha value is -3.90. The van der Waals surface area contributed by atoms with Crippen LogP contribution in [0, 0.1) is 18.3 Å². The Morgan fingerprint density at radius 2 is 1.84 bits per heavy atom. The number of hydrogen-bond acceptors (Lipinski definition) is 2. The topological polar surface area (TPSA) is 40.8 Å². The zero-order valence-electron chi connectivity index (χ0n) is 22.2. The summed E-state index contributed by atoms with van der Waals surface area (Å²) in [6, 6.07) is 23.0. The fourth-order valence-corrected chi connectivity index (χ4v) is 4.52. The lowest BCUT2D eigenvalue weighted by Crippen LogP contribution is -2.30. The smallest absolute Gasteiger partial charge is 0.216 e. The third-order valence-electron chi connectivity index (χ3n) is 6.01. The van der Waals surface area contributed by atoms with E-state index in [1.54, 1.807) is 6.07 Å². The average Bonchev–Trinajstić information content (AvgIpc) is 3.22. The fourth-order valence-electron chi connectivity index (χ4n) is 4.52. The number of hydrogen-bond donors (Lipinski definition) is 0. The number of pyridine rings is 1. The first-order valence-electron chi connectivity index (χ1n) is 12.5. The highest BCUT2D eigenvalue weighted by Crippen LogP contribution is 2.44. The van der Waals surface area contributed by atoms with Crippen LogP contribution in [0.15, 0.2) is 77.3 Å². The van der Waals surface area contributed by atoms with Crippen LogP contribution < -0.4 is 4.57 Å². The predicted octanol–water partition coefficient (Wildman–Crippen LogP) is 7.05. The molecule has 0 aliphatic heterocycles. The van der Waals surface area contributed by atoms with Crippen LogP contribution in [-0.4, -0.2) is 0 Å². The van der Waals surface area contributed by atoms with E-state index in [1.165, 1.54) is 6.92 Å².